The first-order valence-corrected chi connectivity index (χ1v) is 9.90. The number of hydrogen-bond donors (Lipinski definition) is 0. The van der Waals surface area contributed by atoms with Crippen LogP contribution in [0.3, 0.4) is 0 Å². The average molecular weight is 372 g/mol. The number of unbranched alkanes of at least 4 members (excludes halogenated alkanes) is 3. The third kappa shape index (κ3) is 4.01. The molecule has 26 heavy (non-hydrogen) atoms. The van der Waals surface area contributed by atoms with Crippen LogP contribution < -0.4 is 0 Å². The van der Waals surface area contributed by atoms with E-state index in [4.69, 9.17) is 17.2 Å². The van der Waals surface area contributed by atoms with Gasteiger partial charge < -0.3 is 4.57 Å². The maximum absolute atomic E-state index is 11.2. The number of aromatic nitrogens is 2. The summed E-state index contributed by atoms with van der Waals surface area (Å²) in [6, 6.07) is 6.73. The molecular weight excluding hydrogens is 346 g/mol. The van der Waals surface area contributed by atoms with E-state index in [-0.39, 0.29) is 10.6 Å². The normalized spacial score (nSPS) is 13.4. The fraction of sp³-hybridized carbons (Fsp3) is 0.500. The second kappa shape index (κ2) is 8.54. The Labute approximate surface area is 159 Å². The van der Waals surface area contributed by atoms with Gasteiger partial charge in [-0.15, -0.1) is 0 Å². The molecule has 2 aromatic rings. The van der Waals surface area contributed by atoms with Gasteiger partial charge in [-0.25, -0.2) is 4.98 Å². The fourth-order valence-corrected chi connectivity index (χ4v) is 3.99. The number of nitro groups is 1. The van der Waals surface area contributed by atoms with Crippen LogP contribution >= 0.6 is 12.2 Å². The van der Waals surface area contributed by atoms with E-state index in [2.05, 4.69) is 11.5 Å². The Morgan fingerprint density at radius 1 is 1.23 bits per heavy atom. The first kappa shape index (κ1) is 18.7. The molecule has 1 aromatic heterocycles. The highest BCUT2D eigenvalue weighted by atomic mass is 32.1. The zero-order chi connectivity index (χ0) is 18.5. The van der Waals surface area contributed by atoms with Gasteiger partial charge in [0.05, 0.1) is 4.92 Å². The van der Waals surface area contributed by atoms with Crippen LogP contribution in [-0.4, -0.2) is 14.5 Å². The van der Waals surface area contributed by atoms with Gasteiger partial charge in [0.25, 0.3) is 5.69 Å². The summed E-state index contributed by atoms with van der Waals surface area (Å²) < 4.78 is 2.94. The Hall–Kier alpha value is -2.08. The minimum atomic E-state index is -0.359. The lowest BCUT2D eigenvalue weighted by Gasteiger charge is -2.24. The van der Waals surface area contributed by atoms with Gasteiger partial charge >= 0.3 is 0 Å². The third-order valence-corrected chi connectivity index (χ3v) is 5.37. The minimum Gasteiger partial charge on any atom is -0.329 e. The molecule has 138 valence electrons. The second-order valence-electron chi connectivity index (χ2n) is 6.89. The van der Waals surface area contributed by atoms with Crippen LogP contribution in [-0.2, 0) is 19.4 Å². The van der Waals surface area contributed by atoms with Gasteiger partial charge in [-0.3, -0.25) is 10.1 Å². The molecule has 0 unspecified atom stereocenters. The molecule has 0 fully saturated rings. The highest BCUT2D eigenvalue weighted by Crippen LogP contribution is 2.29. The number of nitrogens with zero attached hydrogens (tertiary/aromatic N) is 3. The molecule has 0 bridgehead atoms. The van der Waals surface area contributed by atoms with E-state index in [9.17, 15) is 10.1 Å². The van der Waals surface area contributed by atoms with Crippen molar-refractivity contribution in [1.82, 2.24) is 9.55 Å². The summed E-state index contributed by atoms with van der Waals surface area (Å²) in [4.78, 5) is 15.5. The molecule has 5 nitrogen and oxygen atoms in total. The van der Waals surface area contributed by atoms with E-state index in [1.54, 1.807) is 12.1 Å². The maximum Gasteiger partial charge on any atom is 0.270 e. The van der Waals surface area contributed by atoms with Gasteiger partial charge in [0.15, 0.2) is 0 Å². The Kier molecular flexibility index (Phi) is 6.14. The predicted octanol–water partition coefficient (Wildman–Crippen LogP) is 5.65. The van der Waals surface area contributed by atoms with Crippen LogP contribution in [0.25, 0.3) is 11.4 Å². The summed E-state index contributed by atoms with van der Waals surface area (Å²) >= 11 is 5.57. The first-order chi connectivity index (χ1) is 12.6. The summed E-state index contributed by atoms with van der Waals surface area (Å²) in [6.45, 7) is 3.10. The van der Waals surface area contributed by atoms with Gasteiger partial charge in [0.1, 0.15) is 10.5 Å². The Bertz CT molecular complexity index is 861. The molecule has 0 N–H and O–H groups in total. The molecule has 0 amide bonds. The topological polar surface area (TPSA) is 61.0 Å². The predicted molar refractivity (Wildman–Crippen MR) is 106 cm³/mol. The number of benzene rings is 1. The molecule has 1 heterocycles. The third-order valence-electron chi connectivity index (χ3n) is 5.04. The van der Waals surface area contributed by atoms with Crippen LogP contribution in [0.4, 0.5) is 5.69 Å². The van der Waals surface area contributed by atoms with E-state index < -0.39 is 0 Å². The van der Waals surface area contributed by atoms with Crippen molar-refractivity contribution in [2.75, 3.05) is 0 Å². The molecule has 0 saturated carbocycles. The van der Waals surface area contributed by atoms with Crippen LogP contribution in [0.15, 0.2) is 24.3 Å². The summed E-state index contributed by atoms with van der Waals surface area (Å²) in [6.07, 6.45) is 9.01. The van der Waals surface area contributed by atoms with Crippen molar-refractivity contribution in [2.45, 2.75) is 64.8 Å². The lowest BCUT2D eigenvalue weighted by atomic mass is 9.96. The average Bonchev–Trinajstić information content (AvgIpc) is 2.66. The van der Waals surface area contributed by atoms with Crippen molar-refractivity contribution in [3.63, 3.8) is 0 Å². The van der Waals surface area contributed by atoms with E-state index in [0.717, 1.165) is 50.0 Å². The largest absolute Gasteiger partial charge is 0.329 e. The van der Waals surface area contributed by atoms with E-state index in [1.165, 1.54) is 36.6 Å². The molecule has 0 spiro atoms. The van der Waals surface area contributed by atoms with Crippen LogP contribution in [0, 0.1) is 14.8 Å². The van der Waals surface area contributed by atoms with Gasteiger partial charge in [0.2, 0.25) is 0 Å². The molecule has 0 aliphatic heterocycles. The number of nitro benzene ring substituents is 1. The first-order valence-electron chi connectivity index (χ1n) is 9.49. The van der Waals surface area contributed by atoms with Crippen molar-refractivity contribution < 1.29 is 4.92 Å². The minimum absolute atomic E-state index is 0.0884. The van der Waals surface area contributed by atoms with Crippen molar-refractivity contribution in [3.05, 3.63) is 50.3 Å². The van der Waals surface area contributed by atoms with Crippen LogP contribution in [0.1, 0.15) is 56.7 Å². The fourth-order valence-electron chi connectivity index (χ4n) is 3.69. The smallest absolute Gasteiger partial charge is 0.270 e. The number of fused-ring (bicyclic) bond motifs is 1. The van der Waals surface area contributed by atoms with Crippen molar-refractivity contribution >= 4 is 17.9 Å². The van der Waals surface area contributed by atoms with Crippen LogP contribution in [0.5, 0.6) is 0 Å². The Morgan fingerprint density at radius 2 is 2.04 bits per heavy atom. The lowest BCUT2D eigenvalue weighted by Crippen LogP contribution is -2.18. The Balaban J connectivity index is 2.08. The van der Waals surface area contributed by atoms with Gasteiger partial charge in [0, 0.05) is 35.5 Å². The monoisotopic (exact) mass is 371 g/mol. The van der Waals surface area contributed by atoms with E-state index in [1.807, 2.05) is 6.07 Å². The van der Waals surface area contributed by atoms with Gasteiger partial charge in [-0.1, -0.05) is 50.5 Å². The summed E-state index contributed by atoms with van der Waals surface area (Å²) in [5.41, 5.74) is 3.35. The molecule has 1 aliphatic rings. The molecule has 0 atom stereocenters. The van der Waals surface area contributed by atoms with Crippen molar-refractivity contribution in [3.8, 4) is 11.4 Å². The molecule has 0 radical (unpaired) electrons. The second-order valence-corrected chi connectivity index (χ2v) is 7.28. The van der Waals surface area contributed by atoms with Gasteiger partial charge in [-0.2, -0.15) is 0 Å². The molecule has 1 aliphatic carbocycles. The molecule has 1 aromatic carbocycles. The molecule has 6 heteroatoms. The standard InChI is InChI=1S/C20H25N3O2S/c1-2-3-4-7-13-22-18-12-6-5-11-17(18)20(26)21-19(22)15-9-8-10-16(14-15)23(24)25/h8-10,14H,2-7,11-13H2,1H3. The molecule has 3 rings (SSSR count). The Morgan fingerprint density at radius 3 is 2.81 bits per heavy atom. The van der Waals surface area contributed by atoms with Crippen molar-refractivity contribution in [1.29, 1.82) is 0 Å². The van der Waals surface area contributed by atoms with Crippen LogP contribution in [0.2, 0.25) is 0 Å². The summed E-state index contributed by atoms with van der Waals surface area (Å²) in [5, 5.41) is 11.2. The zero-order valence-corrected chi connectivity index (χ0v) is 16.1. The summed E-state index contributed by atoms with van der Waals surface area (Å²) in [5.74, 6) is 0.774. The number of non-ortho nitro benzene ring substituents is 1. The number of hydrogen-bond acceptors (Lipinski definition) is 4. The molecule has 0 saturated heterocycles. The molecular formula is C20H25N3O2S. The highest BCUT2D eigenvalue weighted by Gasteiger charge is 2.20. The zero-order valence-electron chi connectivity index (χ0n) is 15.2. The van der Waals surface area contributed by atoms with Crippen molar-refractivity contribution in [2.24, 2.45) is 0 Å². The van der Waals surface area contributed by atoms with E-state index in [0.29, 0.717) is 4.64 Å². The van der Waals surface area contributed by atoms with Gasteiger partial charge in [-0.05, 0) is 32.1 Å². The quantitative estimate of drug-likeness (QED) is 0.273. The van der Waals surface area contributed by atoms with E-state index >= 15 is 0 Å². The lowest BCUT2D eigenvalue weighted by molar-refractivity contribution is -0.384. The summed E-state index contributed by atoms with van der Waals surface area (Å²) in [7, 11) is 0. The highest BCUT2D eigenvalue weighted by molar-refractivity contribution is 7.71. The maximum atomic E-state index is 11.2. The SMILES string of the molecule is CCCCCCn1c(-c2cccc([N+](=O)[O-])c2)nc(=S)c2c1CCCC2. The number of rotatable bonds is 7.